The van der Waals surface area contributed by atoms with Crippen LogP contribution in [0.2, 0.25) is 0 Å². The van der Waals surface area contributed by atoms with Crippen LogP contribution in [0.4, 0.5) is 0 Å². The van der Waals surface area contributed by atoms with Crippen LogP contribution < -0.4 is 9.47 Å². The fourth-order valence-electron chi connectivity index (χ4n) is 5.71. The zero-order valence-electron chi connectivity index (χ0n) is 17.3. The summed E-state index contributed by atoms with van der Waals surface area (Å²) in [7, 11) is 0. The maximum atomic E-state index is 11.5. The second-order valence-electron chi connectivity index (χ2n) is 8.85. The highest BCUT2D eigenvalue weighted by atomic mass is 16.6. The van der Waals surface area contributed by atoms with Gasteiger partial charge in [0.1, 0.15) is 17.6 Å². The van der Waals surface area contributed by atoms with Crippen molar-refractivity contribution in [1.82, 2.24) is 0 Å². The van der Waals surface area contributed by atoms with Gasteiger partial charge in [0.15, 0.2) is 0 Å². The van der Waals surface area contributed by atoms with Gasteiger partial charge in [0.2, 0.25) is 5.79 Å². The third-order valence-electron chi connectivity index (χ3n) is 7.06. The molecular weight excluding hydrogens is 372 g/mol. The van der Waals surface area contributed by atoms with Crippen LogP contribution in [-0.2, 0) is 18.3 Å². The number of benzene rings is 2. The molecule has 0 aromatic heterocycles. The summed E-state index contributed by atoms with van der Waals surface area (Å²) in [5, 5.41) is 11.5. The van der Waals surface area contributed by atoms with Gasteiger partial charge < -0.3 is 14.6 Å². The van der Waals surface area contributed by atoms with E-state index in [1.54, 1.807) is 0 Å². The number of fused-ring (bicyclic) bond motifs is 6. The van der Waals surface area contributed by atoms with Crippen LogP contribution in [0.25, 0.3) is 0 Å². The van der Waals surface area contributed by atoms with E-state index >= 15 is 0 Å². The predicted molar refractivity (Wildman–Crippen MR) is 119 cm³/mol. The molecule has 2 aromatic carbocycles. The van der Waals surface area contributed by atoms with Gasteiger partial charge in [0.05, 0.1) is 12.3 Å². The van der Waals surface area contributed by atoms with Crippen LogP contribution in [-0.4, -0.2) is 17.0 Å². The summed E-state index contributed by atoms with van der Waals surface area (Å²) in [6, 6.07) is 12.6. The minimum Gasteiger partial charge on any atom is -0.489 e. The van der Waals surface area contributed by atoms with Gasteiger partial charge in [-0.15, -0.1) is 19.7 Å². The number of allylic oxidation sites excluding steroid dienone is 3. The summed E-state index contributed by atoms with van der Waals surface area (Å²) >= 11 is 0. The number of hydrogen-bond donors (Lipinski definition) is 1. The Hall–Kier alpha value is -2.78. The lowest BCUT2D eigenvalue weighted by Crippen LogP contribution is -2.55. The van der Waals surface area contributed by atoms with Crippen LogP contribution in [0.3, 0.4) is 0 Å². The molecule has 1 aliphatic carbocycles. The lowest BCUT2D eigenvalue weighted by molar-refractivity contribution is -0.186. The Kier molecular flexibility index (Phi) is 4.41. The fourth-order valence-corrected chi connectivity index (χ4v) is 5.71. The number of hydrogen-bond acceptors (Lipinski definition) is 3. The highest BCUT2D eigenvalue weighted by molar-refractivity contribution is 5.53. The molecule has 1 saturated carbocycles. The first-order valence-corrected chi connectivity index (χ1v) is 10.7. The molecule has 3 heteroatoms. The van der Waals surface area contributed by atoms with Crippen molar-refractivity contribution in [2.45, 2.75) is 55.3 Å². The molecule has 154 valence electrons. The van der Waals surface area contributed by atoms with Crippen molar-refractivity contribution in [3.05, 3.63) is 96.6 Å². The average Bonchev–Trinajstić information content (AvgIpc) is 3.17. The Morgan fingerprint density at radius 2 is 1.63 bits per heavy atom. The molecule has 0 unspecified atom stereocenters. The van der Waals surface area contributed by atoms with Gasteiger partial charge in [-0.2, -0.15) is 0 Å². The highest BCUT2D eigenvalue weighted by Gasteiger charge is 2.63. The van der Waals surface area contributed by atoms with E-state index < -0.39 is 5.79 Å². The van der Waals surface area contributed by atoms with E-state index in [4.69, 9.17) is 9.47 Å². The van der Waals surface area contributed by atoms with Crippen molar-refractivity contribution in [2.75, 3.05) is 0 Å². The largest absolute Gasteiger partial charge is 0.489 e. The molecule has 4 atom stereocenters. The first-order valence-electron chi connectivity index (χ1n) is 10.7. The van der Waals surface area contributed by atoms with Crippen molar-refractivity contribution in [2.24, 2.45) is 0 Å². The van der Waals surface area contributed by atoms with Crippen molar-refractivity contribution in [3.63, 3.8) is 0 Å². The monoisotopic (exact) mass is 400 g/mol. The minimum atomic E-state index is -1.24. The third kappa shape index (κ3) is 2.69. The molecule has 0 saturated heterocycles. The van der Waals surface area contributed by atoms with E-state index in [-0.39, 0.29) is 17.4 Å². The Morgan fingerprint density at radius 3 is 2.33 bits per heavy atom. The second-order valence-corrected chi connectivity index (χ2v) is 8.85. The van der Waals surface area contributed by atoms with E-state index in [1.807, 2.05) is 24.3 Å². The van der Waals surface area contributed by atoms with Crippen molar-refractivity contribution in [3.8, 4) is 11.5 Å². The van der Waals surface area contributed by atoms with Crippen LogP contribution in [0.15, 0.2) is 74.4 Å². The van der Waals surface area contributed by atoms with E-state index in [1.165, 1.54) is 16.7 Å². The quantitative estimate of drug-likeness (QED) is 0.662. The topological polar surface area (TPSA) is 38.7 Å². The van der Waals surface area contributed by atoms with Crippen molar-refractivity contribution in [1.29, 1.82) is 0 Å². The van der Waals surface area contributed by atoms with Crippen molar-refractivity contribution < 1.29 is 14.6 Å². The Morgan fingerprint density at radius 1 is 0.933 bits per heavy atom. The fraction of sp³-hybridized carbons (Fsp3) is 0.333. The van der Waals surface area contributed by atoms with Gasteiger partial charge in [0.25, 0.3) is 0 Å². The first-order chi connectivity index (χ1) is 14.5. The molecular formula is C27H28O3. The number of ether oxygens (including phenoxy) is 2. The van der Waals surface area contributed by atoms with E-state index in [2.05, 4.69) is 50.1 Å². The zero-order valence-corrected chi connectivity index (χ0v) is 17.3. The van der Waals surface area contributed by atoms with Crippen LogP contribution in [0.5, 0.6) is 11.5 Å². The van der Waals surface area contributed by atoms with E-state index in [0.29, 0.717) is 6.42 Å². The molecule has 5 rings (SSSR count). The third-order valence-corrected chi connectivity index (χ3v) is 7.06. The summed E-state index contributed by atoms with van der Waals surface area (Å²) in [4.78, 5) is 0. The standard InChI is InChI=1S/C27H28O3/c1-4-7-18-9-11-23-20(14-18)22-16-26(13-6-3)21-15-19(8-5-2)10-12-24(21)29-25(26)17-27(22,28)30-23/h4-6,9-12,14-15,22,25,28H,1-3,7-8,13,16-17H2/t22-,25+,26+,27-/m1/s1. The predicted octanol–water partition coefficient (Wildman–Crippen LogP) is 5.38. The Labute approximate surface area is 178 Å². The summed E-state index contributed by atoms with van der Waals surface area (Å²) in [5.74, 6) is 0.353. The second kappa shape index (κ2) is 6.88. The molecule has 1 fully saturated rings. The van der Waals surface area contributed by atoms with Gasteiger partial charge in [-0.3, -0.25) is 0 Å². The smallest absolute Gasteiger partial charge is 0.218 e. The van der Waals surface area contributed by atoms with Crippen LogP contribution >= 0.6 is 0 Å². The molecule has 0 radical (unpaired) electrons. The first kappa shape index (κ1) is 19.2. The Bertz CT molecular complexity index is 1040. The summed E-state index contributed by atoms with van der Waals surface area (Å²) in [6.45, 7) is 11.8. The van der Waals surface area contributed by atoms with Crippen molar-refractivity contribution >= 4 is 0 Å². The van der Waals surface area contributed by atoms with Crippen LogP contribution in [0, 0.1) is 0 Å². The Balaban J connectivity index is 1.61. The van der Waals surface area contributed by atoms with Gasteiger partial charge in [-0.1, -0.05) is 42.5 Å². The normalized spacial score (nSPS) is 30.2. The molecule has 2 aromatic rings. The van der Waals surface area contributed by atoms with Gasteiger partial charge in [0, 0.05) is 16.5 Å². The number of aliphatic hydroxyl groups is 1. The highest BCUT2D eigenvalue weighted by Crippen LogP contribution is 2.62. The molecule has 0 amide bonds. The maximum absolute atomic E-state index is 11.5. The lowest BCUT2D eigenvalue weighted by atomic mass is 9.60. The van der Waals surface area contributed by atoms with Gasteiger partial charge in [-0.25, -0.2) is 0 Å². The lowest BCUT2D eigenvalue weighted by Gasteiger charge is -2.46. The molecule has 1 N–H and O–H groups in total. The maximum Gasteiger partial charge on any atom is 0.218 e. The minimum absolute atomic E-state index is 0.105. The van der Waals surface area contributed by atoms with E-state index in [0.717, 1.165) is 42.7 Å². The molecule has 30 heavy (non-hydrogen) atoms. The molecule has 0 bridgehead atoms. The molecule has 2 heterocycles. The molecule has 2 aliphatic heterocycles. The summed E-state index contributed by atoms with van der Waals surface area (Å²) in [6.07, 6.45) is 9.29. The number of rotatable bonds is 6. The van der Waals surface area contributed by atoms with Gasteiger partial charge in [-0.05, 0) is 48.9 Å². The molecule has 0 spiro atoms. The summed E-state index contributed by atoms with van der Waals surface area (Å²) < 4.78 is 12.5. The van der Waals surface area contributed by atoms with Gasteiger partial charge >= 0.3 is 0 Å². The van der Waals surface area contributed by atoms with Crippen LogP contribution in [0.1, 0.15) is 47.4 Å². The summed E-state index contributed by atoms with van der Waals surface area (Å²) in [5.41, 5.74) is 4.52. The zero-order chi connectivity index (χ0) is 20.9. The van der Waals surface area contributed by atoms with E-state index in [9.17, 15) is 5.11 Å². The SMILES string of the molecule is C=CCc1ccc2c(c1)[C@H]1C[C@@]3(CC=C)c4cc(CC=C)ccc4O[C@H]3C[C@@]1(O)O2. The molecule has 3 aliphatic rings. The average molecular weight is 401 g/mol. The molecule has 3 nitrogen and oxygen atoms in total.